The van der Waals surface area contributed by atoms with Crippen LogP contribution in [0, 0.1) is 0 Å². The lowest BCUT2D eigenvalue weighted by Crippen LogP contribution is -2.43. The van der Waals surface area contributed by atoms with Gasteiger partial charge in [-0.3, -0.25) is 5.43 Å². The van der Waals surface area contributed by atoms with Crippen LogP contribution in [-0.4, -0.2) is 52.3 Å². The van der Waals surface area contributed by atoms with E-state index in [1.54, 1.807) is 0 Å². The van der Waals surface area contributed by atoms with Crippen molar-refractivity contribution in [3.63, 3.8) is 0 Å². The molecule has 1 saturated heterocycles. The number of aromatic nitrogens is 3. The molecule has 1 fully saturated rings. The number of nitrogens with two attached hydrogens (primary N) is 1. The molecule has 1 atom stereocenters. The number of aliphatic hydroxyl groups excluding tert-OH is 1. The van der Waals surface area contributed by atoms with Gasteiger partial charge in [-0.1, -0.05) is 0 Å². The predicted molar refractivity (Wildman–Crippen MR) is 83.3 cm³/mol. The molecule has 2 heterocycles. The maximum absolute atomic E-state index is 9.56. The van der Waals surface area contributed by atoms with E-state index in [4.69, 9.17) is 5.84 Å². The second kappa shape index (κ2) is 7.37. The van der Waals surface area contributed by atoms with E-state index >= 15 is 0 Å². The van der Waals surface area contributed by atoms with Crippen molar-refractivity contribution >= 4 is 17.8 Å². The Morgan fingerprint density at radius 2 is 2.05 bits per heavy atom. The summed E-state index contributed by atoms with van der Waals surface area (Å²) in [5.74, 6) is 7.02. The fourth-order valence-electron chi connectivity index (χ4n) is 2.65. The van der Waals surface area contributed by atoms with E-state index in [0.717, 1.165) is 38.9 Å². The van der Waals surface area contributed by atoms with Gasteiger partial charge in [-0.25, -0.2) is 5.84 Å². The summed E-state index contributed by atoms with van der Waals surface area (Å²) in [7, 11) is 0. The van der Waals surface area contributed by atoms with Gasteiger partial charge in [0.1, 0.15) is 0 Å². The maximum atomic E-state index is 9.56. The number of hydrogen-bond donors (Lipinski definition) is 3. The third-order valence-electron chi connectivity index (χ3n) is 3.88. The quantitative estimate of drug-likeness (QED) is 0.510. The first-order chi connectivity index (χ1) is 10.2. The summed E-state index contributed by atoms with van der Waals surface area (Å²) in [5, 5.41) is 9.56. The smallest absolute Gasteiger partial charge is 0.243 e. The number of nitrogens with one attached hydrogen (secondary N) is 1. The molecule has 1 aromatic heterocycles. The van der Waals surface area contributed by atoms with E-state index in [2.05, 4.69) is 39.1 Å². The van der Waals surface area contributed by atoms with E-state index in [9.17, 15) is 5.11 Å². The summed E-state index contributed by atoms with van der Waals surface area (Å²) >= 11 is 0. The summed E-state index contributed by atoms with van der Waals surface area (Å²) in [4.78, 5) is 17.3. The SMILES string of the molecule is CCN(CC)c1nc(NN)nc(N2CCCCC2CO)n1. The topological polar surface area (TPSA) is 103 Å². The average Bonchev–Trinajstić information content (AvgIpc) is 2.55. The zero-order valence-corrected chi connectivity index (χ0v) is 12.8. The average molecular weight is 295 g/mol. The molecule has 0 aliphatic carbocycles. The summed E-state index contributed by atoms with van der Waals surface area (Å²) in [6, 6.07) is 0.0660. The van der Waals surface area contributed by atoms with Crippen LogP contribution in [0.1, 0.15) is 33.1 Å². The molecule has 1 aromatic rings. The maximum Gasteiger partial charge on any atom is 0.243 e. The van der Waals surface area contributed by atoms with Crippen LogP contribution in [0.5, 0.6) is 0 Å². The molecule has 0 radical (unpaired) electrons. The van der Waals surface area contributed by atoms with Gasteiger partial charge in [-0.2, -0.15) is 15.0 Å². The third-order valence-corrected chi connectivity index (χ3v) is 3.88. The van der Waals surface area contributed by atoms with Crippen LogP contribution < -0.4 is 21.1 Å². The number of piperidine rings is 1. The predicted octanol–water partition coefficient (Wildman–Crippen LogP) is 0.355. The highest BCUT2D eigenvalue weighted by Crippen LogP contribution is 2.24. The van der Waals surface area contributed by atoms with Crippen molar-refractivity contribution in [3.8, 4) is 0 Å². The van der Waals surface area contributed by atoms with Gasteiger partial charge in [-0.05, 0) is 33.1 Å². The van der Waals surface area contributed by atoms with Crippen LogP contribution in [0.3, 0.4) is 0 Å². The lowest BCUT2D eigenvalue weighted by atomic mass is 10.0. The standard InChI is InChI=1S/C13H25N7O/c1-3-19(4-2)12-15-11(18-14)16-13(17-12)20-8-6-5-7-10(20)9-21/h10,21H,3-9,14H2,1-2H3,(H,15,16,17,18). The van der Waals surface area contributed by atoms with Crippen LogP contribution in [-0.2, 0) is 0 Å². The Morgan fingerprint density at radius 1 is 1.29 bits per heavy atom. The fourth-order valence-corrected chi connectivity index (χ4v) is 2.65. The monoisotopic (exact) mass is 295 g/mol. The minimum atomic E-state index is 0.0660. The van der Waals surface area contributed by atoms with Crippen LogP contribution in [0.25, 0.3) is 0 Å². The Kier molecular flexibility index (Phi) is 5.51. The Bertz CT molecular complexity index is 452. The van der Waals surface area contributed by atoms with E-state index in [1.165, 1.54) is 0 Å². The van der Waals surface area contributed by atoms with Crippen molar-refractivity contribution in [1.82, 2.24) is 15.0 Å². The fraction of sp³-hybridized carbons (Fsp3) is 0.769. The highest BCUT2D eigenvalue weighted by molar-refractivity contribution is 5.45. The van der Waals surface area contributed by atoms with Crippen molar-refractivity contribution < 1.29 is 5.11 Å². The van der Waals surface area contributed by atoms with Gasteiger partial charge in [0, 0.05) is 19.6 Å². The van der Waals surface area contributed by atoms with Crippen molar-refractivity contribution in [1.29, 1.82) is 0 Å². The number of anilines is 3. The van der Waals surface area contributed by atoms with Crippen molar-refractivity contribution in [3.05, 3.63) is 0 Å². The van der Waals surface area contributed by atoms with Crippen molar-refractivity contribution in [2.75, 3.05) is 41.5 Å². The van der Waals surface area contributed by atoms with Crippen LogP contribution in [0.2, 0.25) is 0 Å². The zero-order chi connectivity index (χ0) is 15.2. The number of aliphatic hydroxyl groups is 1. The van der Waals surface area contributed by atoms with Crippen molar-refractivity contribution in [2.24, 2.45) is 5.84 Å². The van der Waals surface area contributed by atoms with Gasteiger partial charge >= 0.3 is 0 Å². The largest absolute Gasteiger partial charge is 0.394 e. The normalized spacial score (nSPS) is 18.7. The Hall–Kier alpha value is -1.67. The van der Waals surface area contributed by atoms with Crippen LogP contribution in [0.4, 0.5) is 17.8 Å². The lowest BCUT2D eigenvalue weighted by Gasteiger charge is -2.35. The number of rotatable bonds is 6. The molecule has 0 aromatic carbocycles. The van der Waals surface area contributed by atoms with E-state index in [1.807, 2.05) is 4.90 Å². The molecule has 0 spiro atoms. The molecule has 0 amide bonds. The van der Waals surface area contributed by atoms with Crippen LogP contribution in [0.15, 0.2) is 0 Å². The number of nitrogen functional groups attached to an aromatic ring is 1. The second-order valence-electron chi connectivity index (χ2n) is 5.10. The Morgan fingerprint density at radius 3 is 2.67 bits per heavy atom. The summed E-state index contributed by atoms with van der Waals surface area (Å²) < 4.78 is 0. The van der Waals surface area contributed by atoms with E-state index < -0.39 is 0 Å². The molecule has 21 heavy (non-hydrogen) atoms. The lowest BCUT2D eigenvalue weighted by molar-refractivity contribution is 0.239. The second-order valence-corrected chi connectivity index (χ2v) is 5.10. The summed E-state index contributed by atoms with van der Waals surface area (Å²) in [5.41, 5.74) is 2.50. The number of nitrogens with zero attached hydrogens (tertiary/aromatic N) is 5. The first-order valence-electron chi connectivity index (χ1n) is 7.58. The van der Waals surface area contributed by atoms with Crippen molar-refractivity contribution in [2.45, 2.75) is 39.2 Å². The number of hydrogen-bond acceptors (Lipinski definition) is 8. The Balaban J connectivity index is 2.35. The third kappa shape index (κ3) is 3.51. The van der Waals surface area contributed by atoms with Gasteiger partial charge in [-0.15, -0.1) is 0 Å². The van der Waals surface area contributed by atoms with Gasteiger partial charge in [0.15, 0.2) is 0 Å². The van der Waals surface area contributed by atoms with Gasteiger partial charge < -0.3 is 14.9 Å². The summed E-state index contributed by atoms with van der Waals surface area (Å²) in [6.45, 7) is 6.69. The first kappa shape index (κ1) is 15.7. The molecule has 4 N–H and O–H groups in total. The highest BCUT2D eigenvalue weighted by atomic mass is 16.3. The zero-order valence-electron chi connectivity index (χ0n) is 12.8. The number of hydrazine groups is 1. The molecule has 8 heteroatoms. The van der Waals surface area contributed by atoms with Crippen LogP contribution >= 0.6 is 0 Å². The molecular formula is C13H25N7O. The van der Waals surface area contributed by atoms with Gasteiger partial charge in [0.2, 0.25) is 17.8 Å². The molecule has 1 aliphatic heterocycles. The molecule has 118 valence electrons. The summed E-state index contributed by atoms with van der Waals surface area (Å²) in [6.07, 6.45) is 3.15. The highest BCUT2D eigenvalue weighted by Gasteiger charge is 2.25. The van der Waals surface area contributed by atoms with Gasteiger partial charge in [0.05, 0.1) is 12.6 Å². The molecular weight excluding hydrogens is 270 g/mol. The molecule has 2 rings (SSSR count). The van der Waals surface area contributed by atoms with E-state index in [0.29, 0.717) is 17.8 Å². The molecule has 8 nitrogen and oxygen atoms in total. The van der Waals surface area contributed by atoms with Gasteiger partial charge in [0.25, 0.3) is 0 Å². The minimum Gasteiger partial charge on any atom is -0.394 e. The molecule has 0 bridgehead atoms. The molecule has 1 aliphatic rings. The minimum absolute atomic E-state index is 0.0660. The Labute approximate surface area is 125 Å². The first-order valence-corrected chi connectivity index (χ1v) is 7.58. The van der Waals surface area contributed by atoms with E-state index in [-0.39, 0.29) is 12.6 Å². The molecule has 0 saturated carbocycles. The molecule has 1 unspecified atom stereocenters.